The first kappa shape index (κ1) is 11.6. The Labute approximate surface area is 115 Å². The lowest BCUT2D eigenvalue weighted by Crippen LogP contribution is -1.92. The van der Waals surface area contributed by atoms with Crippen molar-refractivity contribution >= 4 is 33.2 Å². The second kappa shape index (κ2) is 4.29. The minimum atomic E-state index is -0.320. The molecule has 0 spiro atoms. The number of aromatic nitrogens is 4. The number of benzene rings is 1. The average molecular weight is 328 g/mol. The van der Waals surface area contributed by atoms with Crippen molar-refractivity contribution in [1.29, 1.82) is 0 Å². The van der Waals surface area contributed by atoms with E-state index in [0.717, 1.165) is 5.56 Å². The third kappa shape index (κ3) is 1.77. The molecule has 0 bridgehead atoms. The highest BCUT2D eigenvalue weighted by molar-refractivity contribution is 9.10. The largest absolute Gasteiger partial charge is 0.278 e. The molecule has 0 saturated carbocycles. The van der Waals surface area contributed by atoms with E-state index in [0.29, 0.717) is 15.9 Å². The van der Waals surface area contributed by atoms with Crippen LogP contribution in [0, 0.1) is 5.82 Å². The third-order valence-corrected chi connectivity index (χ3v) is 3.38. The molecular formula is C11H5BrClFN4. The van der Waals surface area contributed by atoms with Crippen molar-refractivity contribution in [2.45, 2.75) is 0 Å². The lowest BCUT2D eigenvalue weighted by molar-refractivity contribution is 0.627. The van der Waals surface area contributed by atoms with Gasteiger partial charge < -0.3 is 0 Å². The Balaban J connectivity index is 2.29. The first-order valence-corrected chi connectivity index (χ1v) is 6.14. The Morgan fingerprint density at radius 2 is 2.11 bits per heavy atom. The van der Waals surface area contributed by atoms with Gasteiger partial charge in [0, 0.05) is 22.4 Å². The Morgan fingerprint density at radius 3 is 2.89 bits per heavy atom. The maximum Gasteiger partial charge on any atom is 0.198 e. The monoisotopic (exact) mass is 326 g/mol. The summed E-state index contributed by atoms with van der Waals surface area (Å²) in [6.45, 7) is 0. The molecule has 0 amide bonds. The fourth-order valence-corrected chi connectivity index (χ4v) is 2.36. The normalized spacial score (nSPS) is 11.1. The highest BCUT2D eigenvalue weighted by Gasteiger charge is 2.13. The molecule has 1 aromatic carbocycles. The highest BCUT2D eigenvalue weighted by atomic mass is 79.9. The standard InChI is InChI=1S/C11H5BrClFN4/c12-8-5-6(14)1-2-7(8)10-16-17-11-9(13)15-3-4-18(10)11/h1-5H. The van der Waals surface area contributed by atoms with Crippen molar-refractivity contribution in [3.8, 4) is 11.4 Å². The molecule has 3 aromatic rings. The summed E-state index contributed by atoms with van der Waals surface area (Å²) in [5.74, 6) is 0.250. The zero-order chi connectivity index (χ0) is 12.7. The molecule has 2 aromatic heterocycles. The van der Waals surface area contributed by atoms with Gasteiger partial charge in [0.1, 0.15) is 5.82 Å². The van der Waals surface area contributed by atoms with Gasteiger partial charge >= 0.3 is 0 Å². The quantitative estimate of drug-likeness (QED) is 0.688. The van der Waals surface area contributed by atoms with E-state index in [-0.39, 0.29) is 11.0 Å². The summed E-state index contributed by atoms with van der Waals surface area (Å²) in [6.07, 6.45) is 3.26. The summed E-state index contributed by atoms with van der Waals surface area (Å²) in [5, 5.41) is 8.29. The highest BCUT2D eigenvalue weighted by Crippen LogP contribution is 2.28. The zero-order valence-corrected chi connectivity index (χ0v) is 11.2. The van der Waals surface area contributed by atoms with Crippen molar-refractivity contribution < 1.29 is 4.39 Å². The molecule has 90 valence electrons. The zero-order valence-electron chi connectivity index (χ0n) is 8.81. The van der Waals surface area contributed by atoms with E-state index in [9.17, 15) is 4.39 Å². The second-order valence-corrected chi connectivity index (χ2v) is 4.77. The molecular weight excluding hydrogens is 323 g/mol. The SMILES string of the molecule is Fc1ccc(-c2nnc3c(Cl)nccn23)c(Br)c1. The molecule has 7 heteroatoms. The Kier molecular flexibility index (Phi) is 2.76. The summed E-state index contributed by atoms with van der Waals surface area (Å²) in [7, 11) is 0. The van der Waals surface area contributed by atoms with E-state index >= 15 is 0 Å². The van der Waals surface area contributed by atoms with E-state index < -0.39 is 0 Å². The minimum Gasteiger partial charge on any atom is -0.278 e. The van der Waals surface area contributed by atoms with Gasteiger partial charge in [0.15, 0.2) is 16.6 Å². The van der Waals surface area contributed by atoms with Crippen LogP contribution in [-0.4, -0.2) is 19.6 Å². The third-order valence-electron chi connectivity index (χ3n) is 2.46. The summed E-state index contributed by atoms with van der Waals surface area (Å²) < 4.78 is 15.4. The van der Waals surface area contributed by atoms with E-state index in [4.69, 9.17) is 11.6 Å². The van der Waals surface area contributed by atoms with Crippen molar-refractivity contribution in [1.82, 2.24) is 19.6 Å². The maximum atomic E-state index is 13.1. The Morgan fingerprint density at radius 1 is 1.28 bits per heavy atom. The predicted octanol–water partition coefficient (Wildman–Crippen LogP) is 3.35. The molecule has 0 atom stereocenters. The number of rotatable bonds is 1. The molecule has 18 heavy (non-hydrogen) atoms. The Bertz CT molecular complexity index is 743. The van der Waals surface area contributed by atoms with E-state index in [1.807, 2.05) is 0 Å². The van der Waals surface area contributed by atoms with Crippen molar-refractivity contribution in [2.24, 2.45) is 0 Å². The first-order chi connectivity index (χ1) is 8.66. The van der Waals surface area contributed by atoms with Crippen molar-refractivity contribution in [3.05, 3.63) is 46.0 Å². The van der Waals surface area contributed by atoms with Crippen LogP contribution < -0.4 is 0 Å². The van der Waals surface area contributed by atoms with Gasteiger partial charge in [-0.1, -0.05) is 11.6 Å². The Hall–Kier alpha value is -1.53. The second-order valence-electron chi connectivity index (χ2n) is 3.56. The van der Waals surface area contributed by atoms with Gasteiger partial charge in [-0.2, -0.15) is 0 Å². The summed E-state index contributed by atoms with van der Waals surface area (Å²) in [4.78, 5) is 3.92. The average Bonchev–Trinajstić information content (AvgIpc) is 2.74. The van der Waals surface area contributed by atoms with Crippen LogP contribution in [0.4, 0.5) is 4.39 Å². The molecule has 0 aliphatic heterocycles. The maximum absolute atomic E-state index is 13.1. The lowest BCUT2D eigenvalue weighted by atomic mass is 10.2. The van der Waals surface area contributed by atoms with Gasteiger partial charge in [-0.05, 0) is 34.1 Å². The van der Waals surface area contributed by atoms with Crippen LogP contribution in [0.15, 0.2) is 35.1 Å². The molecule has 0 radical (unpaired) electrons. The molecule has 2 heterocycles. The van der Waals surface area contributed by atoms with E-state index in [2.05, 4.69) is 31.1 Å². The topological polar surface area (TPSA) is 43.1 Å². The van der Waals surface area contributed by atoms with Gasteiger partial charge in [-0.3, -0.25) is 4.40 Å². The van der Waals surface area contributed by atoms with Crippen molar-refractivity contribution in [3.63, 3.8) is 0 Å². The van der Waals surface area contributed by atoms with Crippen LogP contribution in [-0.2, 0) is 0 Å². The van der Waals surface area contributed by atoms with Crippen LogP contribution in [0.2, 0.25) is 5.15 Å². The van der Waals surface area contributed by atoms with Crippen LogP contribution in [0.5, 0.6) is 0 Å². The number of hydrogen-bond donors (Lipinski definition) is 0. The summed E-state index contributed by atoms with van der Waals surface area (Å²) in [6, 6.07) is 4.37. The van der Waals surface area contributed by atoms with E-state index in [1.54, 1.807) is 22.9 Å². The molecule has 4 nitrogen and oxygen atoms in total. The van der Waals surface area contributed by atoms with Crippen LogP contribution in [0.3, 0.4) is 0 Å². The molecule has 0 saturated heterocycles. The first-order valence-electron chi connectivity index (χ1n) is 4.97. The van der Waals surface area contributed by atoms with Gasteiger partial charge in [-0.25, -0.2) is 9.37 Å². The van der Waals surface area contributed by atoms with Crippen molar-refractivity contribution in [2.75, 3.05) is 0 Å². The molecule has 0 fully saturated rings. The van der Waals surface area contributed by atoms with Crippen LogP contribution in [0.25, 0.3) is 17.0 Å². The molecule has 0 aliphatic carbocycles. The lowest BCUT2D eigenvalue weighted by Gasteiger charge is -2.03. The van der Waals surface area contributed by atoms with Gasteiger partial charge in [0.2, 0.25) is 0 Å². The van der Waals surface area contributed by atoms with Gasteiger partial charge in [-0.15, -0.1) is 10.2 Å². The summed E-state index contributed by atoms with van der Waals surface area (Å²) in [5.41, 5.74) is 1.19. The molecule has 0 N–H and O–H groups in total. The molecule has 0 aliphatic rings. The number of halogens is 3. The fraction of sp³-hybridized carbons (Fsp3) is 0. The molecule has 3 rings (SSSR count). The van der Waals surface area contributed by atoms with Crippen LogP contribution >= 0.6 is 27.5 Å². The van der Waals surface area contributed by atoms with Crippen LogP contribution in [0.1, 0.15) is 0 Å². The predicted molar refractivity (Wildman–Crippen MR) is 68.9 cm³/mol. The number of hydrogen-bond acceptors (Lipinski definition) is 3. The summed E-state index contributed by atoms with van der Waals surface area (Å²) >= 11 is 9.22. The molecule has 0 unspecified atom stereocenters. The minimum absolute atomic E-state index is 0.273. The smallest absolute Gasteiger partial charge is 0.198 e. The fourth-order valence-electron chi connectivity index (χ4n) is 1.65. The number of nitrogens with zero attached hydrogens (tertiary/aromatic N) is 4. The number of fused-ring (bicyclic) bond motifs is 1. The van der Waals surface area contributed by atoms with E-state index in [1.165, 1.54) is 12.1 Å². The van der Waals surface area contributed by atoms with Gasteiger partial charge in [0.05, 0.1) is 0 Å². The van der Waals surface area contributed by atoms with Gasteiger partial charge in [0.25, 0.3) is 0 Å².